The lowest BCUT2D eigenvalue weighted by molar-refractivity contribution is 0.895. The first-order valence-corrected chi connectivity index (χ1v) is 4.68. The molecule has 1 aromatic carbocycles. The topological polar surface area (TPSA) is 25.8 Å². The molecular formula is C11H10N2. The van der Waals surface area contributed by atoms with Crippen molar-refractivity contribution in [3.8, 4) is 0 Å². The number of fused-ring (bicyclic) bond motifs is 2. The first-order valence-electron chi connectivity index (χ1n) is 4.68. The van der Waals surface area contributed by atoms with E-state index in [9.17, 15) is 0 Å². The third kappa shape index (κ3) is 1.02. The minimum absolute atomic E-state index is 1.03. The largest absolute Gasteiger partial charge is 0.249 e. The fourth-order valence-corrected chi connectivity index (χ4v) is 1.90. The monoisotopic (exact) mass is 170 g/mol. The number of nitrogens with zero attached hydrogens (tertiary/aromatic N) is 2. The predicted molar refractivity (Wildman–Crippen MR) is 51.6 cm³/mol. The van der Waals surface area contributed by atoms with Crippen molar-refractivity contribution >= 4 is 11.0 Å². The SMILES string of the molecule is c1ccc2nc3c(nc2c1)CCC3. The molecule has 64 valence electrons. The summed E-state index contributed by atoms with van der Waals surface area (Å²) in [6.45, 7) is 0. The molecule has 13 heavy (non-hydrogen) atoms. The fourth-order valence-electron chi connectivity index (χ4n) is 1.90. The van der Waals surface area contributed by atoms with Crippen molar-refractivity contribution in [2.24, 2.45) is 0 Å². The average Bonchev–Trinajstić information content (AvgIpc) is 2.61. The minimum atomic E-state index is 1.03. The molecule has 0 bridgehead atoms. The van der Waals surface area contributed by atoms with E-state index in [4.69, 9.17) is 0 Å². The molecular weight excluding hydrogens is 160 g/mol. The van der Waals surface area contributed by atoms with Crippen LogP contribution in [0.25, 0.3) is 11.0 Å². The molecule has 0 N–H and O–H groups in total. The van der Waals surface area contributed by atoms with E-state index in [-0.39, 0.29) is 0 Å². The molecule has 0 spiro atoms. The van der Waals surface area contributed by atoms with Crippen molar-refractivity contribution in [1.29, 1.82) is 0 Å². The number of hydrogen-bond acceptors (Lipinski definition) is 2. The Kier molecular flexibility index (Phi) is 1.36. The number of para-hydroxylation sites is 2. The van der Waals surface area contributed by atoms with Crippen LogP contribution in [0.1, 0.15) is 17.8 Å². The summed E-state index contributed by atoms with van der Waals surface area (Å²) < 4.78 is 0. The summed E-state index contributed by atoms with van der Waals surface area (Å²) in [5, 5.41) is 0. The van der Waals surface area contributed by atoms with Gasteiger partial charge in [0, 0.05) is 0 Å². The van der Waals surface area contributed by atoms with E-state index in [2.05, 4.69) is 9.97 Å². The zero-order chi connectivity index (χ0) is 8.67. The van der Waals surface area contributed by atoms with Crippen LogP contribution in [0.3, 0.4) is 0 Å². The Morgan fingerprint density at radius 2 is 1.38 bits per heavy atom. The van der Waals surface area contributed by atoms with Crippen molar-refractivity contribution in [2.75, 3.05) is 0 Å². The number of benzene rings is 1. The predicted octanol–water partition coefficient (Wildman–Crippen LogP) is 2.12. The van der Waals surface area contributed by atoms with Crippen molar-refractivity contribution in [1.82, 2.24) is 9.97 Å². The first kappa shape index (κ1) is 7.01. The highest BCUT2D eigenvalue weighted by Crippen LogP contribution is 2.20. The molecule has 0 unspecified atom stereocenters. The van der Waals surface area contributed by atoms with Gasteiger partial charge in [0.15, 0.2) is 0 Å². The van der Waals surface area contributed by atoms with E-state index in [0.717, 1.165) is 23.9 Å². The third-order valence-electron chi connectivity index (χ3n) is 2.55. The summed E-state index contributed by atoms with van der Waals surface area (Å²) in [7, 11) is 0. The van der Waals surface area contributed by atoms with E-state index in [1.165, 1.54) is 17.8 Å². The van der Waals surface area contributed by atoms with Crippen LogP contribution in [0, 0.1) is 0 Å². The second kappa shape index (κ2) is 2.52. The van der Waals surface area contributed by atoms with E-state index < -0.39 is 0 Å². The Balaban J connectivity index is 2.36. The number of aromatic nitrogens is 2. The Bertz CT molecular complexity index is 420. The molecule has 1 heterocycles. The van der Waals surface area contributed by atoms with Crippen molar-refractivity contribution in [3.63, 3.8) is 0 Å². The highest BCUT2D eigenvalue weighted by molar-refractivity contribution is 5.74. The van der Waals surface area contributed by atoms with Gasteiger partial charge >= 0.3 is 0 Å². The molecule has 2 nitrogen and oxygen atoms in total. The van der Waals surface area contributed by atoms with Crippen LogP contribution in [0.2, 0.25) is 0 Å². The molecule has 1 aliphatic carbocycles. The average molecular weight is 170 g/mol. The van der Waals surface area contributed by atoms with Gasteiger partial charge in [0.2, 0.25) is 0 Å². The maximum atomic E-state index is 4.59. The summed E-state index contributed by atoms with van der Waals surface area (Å²) in [4.78, 5) is 9.19. The van der Waals surface area contributed by atoms with Crippen LogP contribution in [-0.4, -0.2) is 9.97 Å². The molecule has 2 heteroatoms. The fraction of sp³-hybridized carbons (Fsp3) is 0.273. The molecule has 2 aromatic rings. The summed E-state index contributed by atoms with van der Waals surface area (Å²) in [5.74, 6) is 0. The molecule has 0 amide bonds. The molecule has 3 rings (SSSR count). The maximum absolute atomic E-state index is 4.59. The Morgan fingerprint density at radius 1 is 0.846 bits per heavy atom. The Labute approximate surface area is 76.6 Å². The lowest BCUT2D eigenvalue weighted by Gasteiger charge is -2.00. The normalized spacial score (nSPS) is 14.8. The molecule has 0 fully saturated rings. The quantitative estimate of drug-likeness (QED) is 0.605. The molecule has 1 aliphatic rings. The molecule has 0 atom stereocenters. The Hall–Kier alpha value is -1.44. The number of hydrogen-bond donors (Lipinski definition) is 0. The lowest BCUT2D eigenvalue weighted by Crippen LogP contribution is -1.93. The van der Waals surface area contributed by atoms with Crippen LogP contribution >= 0.6 is 0 Å². The van der Waals surface area contributed by atoms with E-state index in [0.29, 0.717) is 0 Å². The zero-order valence-electron chi connectivity index (χ0n) is 7.33. The smallest absolute Gasteiger partial charge is 0.0890 e. The van der Waals surface area contributed by atoms with Gasteiger partial charge in [0.1, 0.15) is 0 Å². The van der Waals surface area contributed by atoms with Gasteiger partial charge < -0.3 is 0 Å². The van der Waals surface area contributed by atoms with Crippen LogP contribution < -0.4 is 0 Å². The number of rotatable bonds is 0. The maximum Gasteiger partial charge on any atom is 0.0890 e. The Morgan fingerprint density at radius 3 is 1.92 bits per heavy atom. The van der Waals surface area contributed by atoms with Gasteiger partial charge in [-0.05, 0) is 31.4 Å². The van der Waals surface area contributed by atoms with E-state index in [1.807, 2.05) is 24.3 Å². The molecule has 0 radical (unpaired) electrons. The van der Waals surface area contributed by atoms with Gasteiger partial charge in [-0.1, -0.05) is 12.1 Å². The van der Waals surface area contributed by atoms with Gasteiger partial charge in [-0.2, -0.15) is 0 Å². The van der Waals surface area contributed by atoms with Crippen molar-refractivity contribution in [3.05, 3.63) is 35.7 Å². The van der Waals surface area contributed by atoms with Crippen LogP contribution in [0.4, 0.5) is 0 Å². The van der Waals surface area contributed by atoms with Crippen LogP contribution in [0.5, 0.6) is 0 Å². The summed E-state index contributed by atoms with van der Waals surface area (Å²) in [6.07, 6.45) is 3.42. The van der Waals surface area contributed by atoms with Crippen LogP contribution in [-0.2, 0) is 12.8 Å². The van der Waals surface area contributed by atoms with Gasteiger partial charge in [0.05, 0.1) is 22.4 Å². The summed E-state index contributed by atoms with van der Waals surface area (Å²) in [6, 6.07) is 8.08. The second-order valence-electron chi connectivity index (χ2n) is 3.46. The van der Waals surface area contributed by atoms with E-state index >= 15 is 0 Å². The van der Waals surface area contributed by atoms with Gasteiger partial charge in [-0.15, -0.1) is 0 Å². The third-order valence-corrected chi connectivity index (χ3v) is 2.55. The standard InChI is InChI=1S/C11H10N2/c1-2-5-9-8(4-1)12-10-6-3-7-11(10)13-9/h1-2,4-5H,3,6-7H2. The van der Waals surface area contributed by atoms with Gasteiger partial charge in [0.25, 0.3) is 0 Å². The van der Waals surface area contributed by atoms with Crippen molar-refractivity contribution in [2.45, 2.75) is 19.3 Å². The summed E-state index contributed by atoms with van der Waals surface area (Å²) >= 11 is 0. The van der Waals surface area contributed by atoms with Crippen LogP contribution in [0.15, 0.2) is 24.3 Å². The summed E-state index contributed by atoms with van der Waals surface area (Å²) in [5.41, 5.74) is 4.48. The molecule has 0 saturated heterocycles. The zero-order valence-corrected chi connectivity index (χ0v) is 7.33. The number of aryl methyl sites for hydroxylation is 2. The highest BCUT2D eigenvalue weighted by Gasteiger charge is 2.13. The molecule has 0 saturated carbocycles. The first-order chi connectivity index (χ1) is 6.43. The lowest BCUT2D eigenvalue weighted by atomic mass is 10.2. The second-order valence-corrected chi connectivity index (χ2v) is 3.46. The highest BCUT2D eigenvalue weighted by atomic mass is 14.8. The van der Waals surface area contributed by atoms with Gasteiger partial charge in [-0.3, -0.25) is 0 Å². The van der Waals surface area contributed by atoms with E-state index in [1.54, 1.807) is 0 Å². The molecule has 1 aromatic heterocycles. The molecule has 0 aliphatic heterocycles. The van der Waals surface area contributed by atoms with Gasteiger partial charge in [-0.25, -0.2) is 9.97 Å². The minimum Gasteiger partial charge on any atom is -0.249 e. The van der Waals surface area contributed by atoms with Crippen molar-refractivity contribution < 1.29 is 0 Å².